The summed E-state index contributed by atoms with van der Waals surface area (Å²) in [6.45, 7) is 0. The minimum Gasteiger partial charge on any atom is -0.741 e. The van der Waals surface area contributed by atoms with Crippen molar-refractivity contribution in [1.29, 1.82) is 0 Å². The normalized spacial score (nSPS) is 13.0. The first-order valence-corrected chi connectivity index (χ1v) is 10.5. The highest BCUT2D eigenvalue weighted by molar-refractivity contribution is 8.03. The van der Waals surface area contributed by atoms with E-state index in [9.17, 15) is 13.2 Å². The van der Waals surface area contributed by atoms with Crippen molar-refractivity contribution in [1.82, 2.24) is 0 Å². The first-order chi connectivity index (χ1) is 13.6. The predicted molar refractivity (Wildman–Crippen MR) is 107 cm³/mol. The Hall–Kier alpha value is -2.64. The molecule has 0 atom stereocenters. The van der Waals surface area contributed by atoms with E-state index in [2.05, 4.69) is 78.9 Å². The molecular weight excluding hydrogens is 421 g/mol. The summed E-state index contributed by atoms with van der Waals surface area (Å²) >= 11 is 1.75. The zero-order valence-electron chi connectivity index (χ0n) is 14.7. The number of fused-ring (bicyclic) bond motifs is 2. The molecule has 8 heteroatoms. The Morgan fingerprint density at radius 2 is 1.41 bits per heavy atom. The third-order valence-electron chi connectivity index (χ3n) is 3.84. The van der Waals surface area contributed by atoms with Gasteiger partial charge in [0.1, 0.15) is 4.91 Å². The van der Waals surface area contributed by atoms with Gasteiger partial charge in [-0.1, -0.05) is 48.2 Å². The van der Waals surface area contributed by atoms with Crippen molar-refractivity contribution in [2.24, 2.45) is 0 Å². The fourth-order valence-corrected chi connectivity index (χ4v) is 3.36. The molecule has 0 amide bonds. The van der Waals surface area contributed by atoms with E-state index in [4.69, 9.17) is 13.0 Å². The third kappa shape index (κ3) is 5.46. The van der Waals surface area contributed by atoms with E-state index in [1.807, 2.05) is 6.07 Å². The second kappa shape index (κ2) is 8.39. The topological polar surface area (TPSA) is 57.2 Å². The molecule has 3 aromatic rings. The van der Waals surface area contributed by atoms with Crippen LogP contribution in [0.1, 0.15) is 11.1 Å². The van der Waals surface area contributed by atoms with Gasteiger partial charge in [-0.15, -0.1) is 0 Å². The van der Waals surface area contributed by atoms with E-state index in [0.29, 0.717) is 0 Å². The van der Waals surface area contributed by atoms with Gasteiger partial charge in [-0.25, -0.2) is 8.42 Å². The Kier molecular flexibility index (Phi) is 6.10. The van der Waals surface area contributed by atoms with Gasteiger partial charge in [-0.05, 0) is 24.3 Å². The summed E-state index contributed by atoms with van der Waals surface area (Å²) in [7, 11) is -6.09. The summed E-state index contributed by atoms with van der Waals surface area (Å²) in [6, 6.07) is 23.4. The van der Waals surface area contributed by atoms with E-state index >= 15 is 0 Å². The molecule has 3 aromatic carbocycles. The summed E-state index contributed by atoms with van der Waals surface area (Å²) in [5.74, 6) is 0. The largest absolute Gasteiger partial charge is 0.741 e. The Morgan fingerprint density at radius 3 is 2.00 bits per heavy atom. The number of benzene rings is 3. The summed E-state index contributed by atoms with van der Waals surface area (Å²) in [5.41, 5.74) is -3.23. The van der Waals surface area contributed by atoms with E-state index in [-0.39, 0.29) is 0 Å². The lowest BCUT2D eigenvalue weighted by Crippen LogP contribution is -2.21. The molecule has 3 nitrogen and oxygen atoms in total. The molecule has 1 aliphatic carbocycles. The van der Waals surface area contributed by atoms with E-state index < -0.39 is 15.6 Å². The summed E-state index contributed by atoms with van der Waals surface area (Å²) in [5, 5.41) is 2.55. The molecule has 148 valence electrons. The smallest absolute Gasteiger partial charge is 0.485 e. The SMILES string of the molecule is O=S(=O)([O-])C(F)(F)F.[C+]1=C(Sc2ccccc2)C=Cc2cc3ccccc3cc21. The highest BCUT2D eigenvalue weighted by Gasteiger charge is 2.36. The Balaban J connectivity index is 0.000000258. The van der Waals surface area contributed by atoms with Gasteiger partial charge in [0.25, 0.3) is 0 Å². The van der Waals surface area contributed by atoms with Gasteiger partial charge in [0, 0.05) is 40.0 Å². The molecule has 4 rings (SSSR count). The van der Waals surface area contributed by atoms with E-state index in [1.165, 1.54) is 26.8 Å². The number of hydrogen-bond donors (Lipinski definition) is 0. The fourth-order valence-electron chi connectivity index (χ4n) is 2.52. The molecule has 0 N–H and O–H groups in total. The van der Waals surface area contributed by atoms with E-state index in [1.54, 1.807) is 11.8 Å². The average Bonchev–Trinajstić information content (AvgIpc) is 2.66. The number of rotatable bonds is 2. The quantitative estimate of drug-likeness (QED) is 0.293. The van der Waals surface area contributed by atoms with Crippen LogP contribution in [0.5, 0.6) is 0 Å². The number of halogens is 3. The molecule has 0 heterocycles. The monoisotopic (exact) mass is 434 g/mol. The van der Waals surface area contributed by atoms with Crippen molar-refractivity contribution in [3.8, 4) is 0 Å². The van der Waals surface area contributed by atoms with Crippen molar-refractivity contribution in [2.75, 3.05) is 0 Å². The predicted octanol–water partition coefficient (Wildman–Crippen LogP) is 5.75. The average molecular weight is 434 g/mol. The number of allylic oxidation sites excluding steroid dienone is 1. The van der Waals surface area contributed by atoms with Crippen LogP contribution in [0.15, 0.2) is 82.6 Å². The summed E-state index contributed by atoms with van der Waals surface area (Å²) in [4.78, 5) is 2.40. The standard InChI is InChI=1S/C20H13S.CHF3O3S/c1-2-8-19(9-3-1)21-20-11-10-17-12-15-6-4-5-7-16(15)13-18(17)14-20;2-1(3,4)8(5,6)7/h1-13H;(H,5,6,7)/q+1;/p-1. The lowest BCUT2D eigenvalue weighted by molar-refractivity contribution is -0.0517. The summed E-state index contributed by atoms with van der Waals surface area (Å²) < 4.78 is 58.9. The highest BCUT2D eigenvalue weighted by Crippen LogP contribution is 2.33. The Morgan fingerprint density at radius 1 is 0.862 bits per heavy atom. The molecular formula is C21H13F3O3S2. The van der Waals surface area contributed by atoms with E-state index in [0.717, 1.165) is 4.91 Å². The van der Waals surface area contributed by atoms with Crippen molar-refractivity contribution in [2.45, 2.75) is 10.4 Å². The second-order valence-corrected chi connectivity index (χ2v) is 8.41. The van der Waals surface area contributed by atoms with Crippen LogP contribution in [-0.4, -0.2) is 18.5 Å². The fraction of sp³-hybridized carbons (Fsp3) is 0.0476. The first kappa shape index (κ1) is 21.1. The van der Waals surface area contributed by atoms with Crippen molar-refractivity contribution >= 4 is 38.7 Å². The highest BCUT2D eigenvalue weighted by atomic mass is 32.2. The van der Waals surface area contributed by atoms with Crippen LogP contribution >= 0.6 is 11.8 Å². The van der Waals surface area contributed by atoms with Gasteiger partial charge < -0.3 is 4.55 Å². The Labute approximate surface area is 170 Å². The zero-order chi connectivity index (χ0) is 21.1. The van der Waals surface area contributed by atoms with Crippen LogP contribution in [0.3, 0.4) is 0 Å². The maximum absolute atomic E-state index is 10.7. The van der Waals surface area contributed by atoms with Crippen molar-refractivity contribution in [3.63, 3.8) is 0 Å². The zero-order valence-corrected chi connectivity index (χ0v) is 16.3. The molecule has 0 spiro atoms. The van der Waals surface area contributed by atoms with Gasteiger partial charge in [0.15, 0.2) is 15.7 Å². The third-order valence-corrected chi connectivity index (χ3v) is 5.38. The molecule has 29 heavy (non-hydrogen) atoms. The van der Waals surface area contributed by atoms with Gasteiger partial charge in [-0.2, -0.15) is 13.2 Å². The molecule has 1 aliphatic rings. The molecule has 0 saturated heterocycles. The first-order valence-electron chi connectivity index (χ1n) is 8.23. The maximum Gasteiger partial charge on any atom is 0.485 e. The van der Waals surface area contributed by atoms with Gasteiger partial charge in [-0.3, -0.25) is 0 Å². The van der Waals surface area contributed by atoms with Gasteiger partial charge in [0.2, 0.25) is 0 Å². The Bertz CT molecular complexity index is 1180. The number of alkyl halides is 3. The molecule has 0 aliphatic heterocycles. The molecule has 0 unspecified atom stereocenters. The van der Waals surface area contributed by atoms with Gasteiger partial charge >= 0.3 is 5.51 Å². The number of hydrogen-bond acceptors (Lipinski definition) is 4. The lowest BCUT2D eigenvalue weighted by Gasteiger charge is -2.08. The minimum atomic E-state index is -6.09. The summed E-state index contributed by atoms with van der Waals surface area (Å²) in [6.07, 6.45) is 7.86. The second-order valence-electron chi connectivity index (χ2n) is 5.92. The lowest BCUT2D eigenvalue weighted by atomic mass is 9.98. The van der Waals surface area contributed by atoms with Crippen LogP contribution in [-0.2, 0) is 10.1 Å². The van der Waals surface area contributed by atoms with Crippen molar-refractivity contribution < 1.29 is 26.1 Å². The maximum atomic E-state index is 10.7. The molecule has 0 radical (unpaired) electrons. The molecule has 0 fully saturated rings. The van der Waals surface area contributed by atoms with Crippen LogP contribution in [0.25, 0.3) is 16.8 Å². The minimum absolute atomic E-state index is 1.16. The molecule has 0 saturated carbocycles. The van der Waals surface area contributed by atoms with Crippen LogP contribution in [0.4, 0.5) is 13.2 Å². The van der Waals surface area contributed by atoms with Gasteiger partial charge in [0.05, 0.1) is 5.56 Å². The van der Waals surface area contributed by atoms with Crippen LogP contribution < -0.4 is 0 Å². The molecule has 0 aromatic heterocycles. The van der Waals surface area contributed by atoms with Crippen molar-refractivity contribution in [3.05, 3.63) is 94.9 Å². The van der Waals surface area contributed by atoms with Crippen LogP contribution in [0.2, 0.25) is 0 Å². The molecule has 0 bridgehead atoms. The van der Waals surface area contributed by atoms with Crippen LogP contribution in [0, 0.1) is 6.08 Å². The number of thioether (sulfide) groups is 1.